The Labute approximate surface area is 131 Å². The number of aromatic nitrogens is 4. The van der Waals surface area contributed by atoms with Crippen molar-refractivity contribution in [3.63, 3.8) is 0 Å². The largest absolute Gasteiger partial charge is 0.365 e. The van der Waals surface area contributed by atoms with Crippen molar-refractivity contribution < 1.29 is 8.78 Å². The van der Waals surface area contributed by atoms with Gasteiger partial charge in [0, 0.05) is 30.1 Å². The fourth-order valence-electron chi connectivity index (χ4n) is 1.99. The number of benzene rings is 1. The lowest BCUT2D eigenvalue weighted by molar-refractivity contribution is 0.587. The van der Waals surface area contributed by atoms with Crippen LogP contribution in [-0.4, -0.2) is 20.2 Å². The van der Waals surface area contributed by atoms with Crippen LogP contribution in [0.4, 0.5) is 26.2 Å². The van der Waals surface area contributed by atoms with Gasteiger partial charge in [0.2, 0.25) is 5.95 Å². The number of aryl methyl sites for hydroxylation is 1. The van der Waals surface area contributed by atoms with Crippen LogP contribution < -0.4 is 10.6 Å². The van der Waals surface area contributed by atoms with Gasteiger partial charge < -0.3 is 10.6 Å². The van der Waals surface area contributed by atoms with E-state index in [4.69, 9.17) is 0 Å². The number of hydrogen-bond acceptors (Lipinski definition) is 5. The van der Waals surface area contributed by atoms with E-state index in [1.807, 2.05) is 6.92 Å². The Morgan fingerprint density at radius 2 is 2.09 bits per heavy atom. The molecule has 0 aliphatic heterocycles. The van der Waals surface area contributed by atoms with Gasteiger partial charge in [-0.2, -0.15) is 10.1 Å². The highest BCUT2D eigenvalue weighted by Crippen LogP contribution is 2.18. The first-order chi connectivity index (χ1) is 11.1. The highest BCUT2D eigenvalue weighted by atomic mass is 19.1. The lowest BCUT2D eigenvalue weighted by atomic mass is 10.2. The molecule has 0 aliphatic rings. The molecule has 6 nitrogen and oxygen atoms in total. The second kappa shape index (κ2) is 6.39. The van der Waals surface area contributed by atoms with Crippen LogP contribution in [0.5, 0.6) is 0 Å². The van der Waals surface area contributed by atoms with E-state index in [0.29, 0.717) is 11.8 Å². The number of hydrogen-bond donors (Lipinski definition) is 3. The zero-order valence-electron chi connectivity index (χ0n) is 12.3. The van der Waals surface area contributed by atoms with E-state index < -0.39 is 11.6 Å². The summed E-state index contributed by atoms with van der Waals surface area (Å²) < 4.78 is 26.8. The van der Waals surface area contributed by atoms with Crippen LogP contribution in [0.1, 0.15) is 11.1 Å². The third kappa shape index (κ3) is 3.60. The number of halogens is 2. The molecule has 1 aromatic carbocycles. The molecule has 0 atom stereocenters. The Hall–Kier alpha value is -3.03. The van der Waals surface area contributed by atoms with E-state index in [9.17, 15) is 8.78 Å². The summed E-state index contributed by atoms with van der Waals surface area (Å²) in [4.78, 5) is 8.49. The number of rotatable bonds is 5. The van der Waals surface area contributed by atoms with Crippen LogP contribution in [0.15, 0.2) is 36.8 Å². The summed E-state index contributed by atoms with van der Waals surface area (Å²) >= 11 is 0. The van der Waals surface area contributed by atoms with E-state index in [-0.39, 0.29) is 12.1 Å². The Kier molecular flexibility index (Phi) is 4.13. The summed E-state index contributed by atoms with van der Waals surface area (Å²) in [6, 6.07) is 3.34. The molecule has 0 fully saturated rings. The Bertz CT molecular complexity index is 804. The number of aromatic amines is 1. The van der Waals surface area contributed by atoms with Crippen molar-refractivity contribution in [2.24, 2.45) is 0 Å². The van der Waals surface area contributed by atoms with Crippen molar-refractivity contribution in [1.82, 2.24) is 20.2 Å². The van der Waals surface area contributed by atoms with Gasteiger partial charge in [0.15, 0.2) is 0 Å². The normalized spacial score (nSPS) is 10.6. The second-order valence-corrected chi connectivity index (χ2v) is 4.93. The molecular formula is C15H14F2N6. The number of nitrogens with zero attached hydrogens (tertiary/aromatic N) is 3. The summed E-state index contributed by atoms with van der Waals surface area (Å²) in [5.41, 5.74) is 1.74. The van der Waals surface area contributed by atoms with Crippen molar-refractivity contribution in [3.8, 4) is 0 Å². The number of H-pyrrole nitrogens is 1. The van der Waals surface area contributed by atoms with Gasteiger partial charge in [-0.25, -0.2) is 13.8 Å². The molecule has 23 heavy (non-hydrogen) atoms. The first kappa shape index (κ1) is 14.9. The van der Waals surface area contributed by atoms with Crippen molar-refractivity contribution in [2.75, 3.05) is 10.6 Å². The minimum atomic E-state index is -0.482. The predicted molar refractivity (Wildman–Crippen MR) is 82.3 cm³/mol. The second-order valence-electron chi connectivity index (χ2n) is 4.93. The summed E-state index contributed by atoms with van der Waals surface area (Å²) in [5, 5.41) is 12.5. The molecule has 0 spiro atoms. The first-order valence-electron chi connectivity index (χ1n) is 6.89. The van der Waals surface area contributed by atoms with Crippen LogP contribution in [0.3, 0.4) is 0 Å². The van der Waals surface area contributed by atoms with E-state index in [0.717, 1.165) is 29.4 Å². The zero-order chi connectivity index (χ0) is 16.2. The molecule has 0 radical (unpaired) electrons. The summed E-state index contributed by atoms with van der Waals surface area (Å²) in [6.45, 7) is 1.94. The summed E-state index contributed by atoms with van der Waals surface area (Å²) in [5.74, 6) is -0.0406. The quantitative estimate of drug-likeness (QED) is 0.674. The van der Waals surface area contributed by atoms with Gasteiger partial charge in [0.1, 0.15) is 17.5 Å². The highest BCUT2D eigenvalue weighted by Gasteiger charge is 2.08. The Morgan fingerprint density at radius 1 is 1.22 bits per heavy atom. The van der Waals surface area contributed by atoms with E-state index in [1.165, 1.54) is 0 Å². The molecule has 8 heteroatoms. The molecule has 0 amide bonds. The molecule has 3 aromatic rings. The topological polar surface area (TPSA) is 78.5 Å². The number of nitrogens with one attached hydrogen (secondary N) is 3. The molecule has 0 bridgehead atoms. The lowest BCUT2D eigenvalue weighted by Gasteiger charge is -2.11. The maximum absolute atomic E-state index is 13.6. The molecule has 0 saturated heterocycles. The maximum atomic E-state index is 13.6. The molecule has 3 N–H and O–H groups in total. The van der Waals surface area contributed by atoms with Gasteiger partial charge in [-0.3, -0.25) is 5.10 Å². The van der Waals surface area contributed by atoms with E-state index in [2.05, 4.69) is 30.8 Å². The van der Waals surface area contributed by atoms with Crippen LogP contribution in [0, 0.1) is 18.6 Å². The van der Waals surface area contributed by atoms with Crippen LogP contribution >= 0.6 is 0 Å². The minimum Gasteiger partial charge on any atom is -0.365 e. The van der Waals surface area contributed by atoms with E-state index >= 15 is 0 Å². The van der Waals surface area contributed by atoms with Gasteiger partial charge >= 0.3 is 0 Å². The molecule has 2 heterocycles. The van der Waals surface area contributed by atoms with Crippen LogP contribution in [0.2, 0.25) is 0 Å². The fraction of sp³-hybridized carbons (Fsp3) is 0.133. The van der Waals surface area contributed by atoms with Crippen LogP contribution in [0.25, 0.3) is 0 Å². The fourth-order valence-corrected chi connectivity index (χ4v) is 1.99. The summed E-state index contributed by atoms with van der Waals surface area (Å²) in [7, 11) is 0. The van der Waals surface area contributed by atoms with Gasteiger partial charge in [-0.05, 0) is 25.1 Å². The average Bonchev–Trinajstić information content (AvgIpc) is 3.04. The van der Waals surface area contributed by atoms with Crippen LogP contribution in [-0.2, 0) is 6.54 Å². The average molecular weight is 316 g/mol. The number of anilines is 3. The van der Waals surface area contributed by atoms with Crippen molar-refractivity contribution in [3.05, 3.63) is 59.6 Å². The van der Waals surface area contributed by atoms with Crippen molar-refractivity contribution in [1.29, 1.82) is 0 Å². The molecular weight excluding hydrogens is 302 g/mol. The van der Waals surface area contributed by atoms with Crippen molar-refractivity contribution >= 4 is 17.5 Å². The Balaban J connectivity index is 1.75. The third-order valence-corrected chi connectivity index (χ3v) is 3.18. The lowest BCUT2D eigenvalue weighted by Crippen LogP contribution is -2.07. The smallest absolute Gasteiger partial charge is 0.229 e. The molecule has 0 aliphatic carbocycles. The zero-order valence-corrected chi connectivity index (χ0v) is 12.3. The maximum Gasteiger partial charge on any atom is 0.229 e. The van der Waals surface area contributed by atoms with Gasteiger partial charge in [-0.1, -0.05) is 0 Å². The monoisotopic (exact) mass is 316 g/mol. The molecule has 3 rings (SSSR count). The minimum absolute atomic E-state index is 0.118. The molecule has 0 unspecified atom stereocenters. The van der Waals surface area contributed by atoms with Gasteiger partial charge in [0.05, 0.1) is 11.9 Å². The molecule has 2 aromatic heterocycles. The standard InChI is InChI=1S/C15H14F2N6/c1-9-5-19-15(22-12-7-20-21-8-12)23-14(9)18-6-10-4-11(16)2-3-13(10)17/h2-5,7-8H,6H2,1H3,(H,20,21)(H2,18,19,22,23). The SMILES string of the molecule is Cc1cnc(Nc2cn[nH]c2)nc1NCc1cc(F)ccc1F. The Morgan fingerprint density at radius 3 is 2.87 bits per heavy atom. The summed E-state index contributed by atoms with van der Waals surface area (Å²) in [6.07, 6.45) is 4.90. The van der Waals surface area contributed by atoms with Crippen molar-refractivity contribution in [2.45, 2.75) is 13.5 Å². The highest BCUT2D eigenvalue weighted by molar-refractivity contribution is 5.54. The van der Waals surface area contributed by atoms with E-state index in [1.54, 1.807) is 18.6 Å². The predicted octanol–water partition coefficient (Wildman–Crippen LogP) is 3.14. The van der Waals surface area contributed by atoms with Gasteiger partial charge in [-0.15, -0.1) is 0 Å². The third-order valence-electron chi connectivity index (χ3n) is 3.18. The molecule has 118 valence electrons. The first-order valence-corrected chi connectivity index (χ1v) is 6.89. The van der Waals surface area contributed by atoms with Gasteiger partial charge in [0.25, 0.3) is 0 Å². The molecule has 0 saturated carbocycles.